The molecule has 1 atom stereocenters. The number of anilines is 3. The van der Waals surface area contributed by atoms with E-state index in [4.69, 9.17) is 21.5 Å². The van der Waals surface area contributed by atoms with E-state index in [2.05, 4.69) is 25.5 Å². The Morgan fingerprint density at radius 2 is 2.06 bits per heavy atom. The van der Waals surface area contributed by atoms with E-state index in [1.54, 1.807) is 7.11 Å². The van der Waals surface area contributed by atoms with Crippen molar-refractivity contribution in [3.63, 3.8) is 0 Å². The molecule has 10 heteroatoms. The fraction of sp³-hybridized carbons (Fsp3) is 0.333. The second-order valence-electron chi connectivity index (χ2n) is 7.46. The predicted molar refractivity (Wildman–Crippen MR) is 117 cm³/mol. The predicted octanol–water partition coefficient (Wildman–Crippen LogP) is 1.66. The molecule has 1 fully saturated rings. The number of guanidine groups is 1. The standard InChI is InChI=1S/C21H23N9O/c1-31-15-5-4-12(8-13(15)10-30-6-2-3-7-30)18-16-17(24)14(9-22)19(25)28-20(16)29-21(27-18)26-11-23/h4-5,8,18H,2-3,6-7,10H2,1H3,(H6,24,25,26,27,28,29). The van der Waals surface area contributed by atoms with Crippen molar-refractivity contribution in [3.8, 4) is 18.0 Å². The zero-order chi connectivity index (χ0) is 22.0. The molecule has 3 heterocycles. The number of nitriles is 2. The lowest BCUT2D eigenvalue weighted by Crippen LogP contribution is -2.32. The van der Waals surface area contributed by atoms with Crippen molar-refractivity contribution in [1.29, 1.82) is 10.5 Å². The number of benzene rings is 1. The fourth-order valence-electron chi connectivity index (χ4n) is 4.10. The first-order chi connectivity index (χ1) is 15.0. The van der Waals surface area contributed by atoms with Crippen molar-refractivity contribution in [2.24, 2.45) is 4.99 Å². The first-order valence-corrected chi connectivity index (χ1v) is 9.93. The van der Waals surface area contributed by atoms with E-state index in [9.17, 15) is 5.26 Å². The molecule has 1 saturated heterocycles. The third-order valence-electron chi connectivity index (χ3n) is 5.57. The Bertz CT molecular complexity index is 1120. The molecule has 2 aliphatic heterocycles. The molecule has 0 spiro atoms. The summed E-state index contributed by atoms with van der Waals surface area (Å²) in [7, 11) is 1.65. The quantitative estimate of drug-likeness (QED) is 0.428. The van der Waals surface area contributed by atoms with Crippen LogP contribution in [0.25, 0.3) is 0 Å². The van der Waals surface area contributed by atoms with E-state index >= 15 is 0 Å². The molecule has 158 valence electrons. The Morgan fingerprint density at radius 1 is 1.29 bits per heavy atom. The molecule has 2 aliphatic rings. The lowest BCUT2D eigenvalue weighted by Gasteiger charge is -2.27. The highest BCUT2D eigenvalue weighted by atomic mass is 16.5. The van der Waals surface area contributed by atoms with Gasteiger partial charge in [0, 0.05) is 17.7 Å². The number of aromatic nitrogens is 1. The molecule has 0 radical (unpaired) electrons. The van der Waals surface area contributed by atoms with Crippen LogP contribution in [0, 0.1) is 22.8 Å². The van der Waals surface area contributed by atoms with Gasteiger partial charge in [-0.05, 0) is 43.6 Å². The third-order valence-corrected chi connectivity index (χ3v) is 5.57. The Hall–Kier alpha value is -4.02. The van der Waals surface area contributed by atoms with E-state index < -0.39 is 6.04 Å². The molecule has 1 aromatic heterocycles. The number of aliphatic imine (C=N–C) groups is 1. The number of ether oxygens (including phenoxy) is 1. The zero-order valence-corrected chi connectivity index (χ0v) is 17.1. The topological polar surface area (TPSA) is 161 Å². The molecule has 4 rings (SSSR count). The monoisotopic (exact) mass is 417 g/mol. The van der Waals surface area contributed by atoms with Crippen LogP contribution in [0.2, 0.25) is 0 Å². The highest BCUT2D eigenvalue weighted by Gasteiger charge is 2.30. The number of likely N-dealkylation sites (tertiary alicyclic amines) is 1. The summed E-state index contributed by atoms with van der Waals surface area (Å²) in [6.45, 7) is 2.88. The van der Waals surface area contributed by atoms with E-state index in [0.29, 0.717) is 11.4 Å². The summed E-state index contributed by atoms with van der Waals surface area (Å²) in [4.78, 5) is 11.3. The fourth-order valence-corrected chi connectivity index (χ4v) is 4.10. The van der Waals surface area contributed by atoms with Gasteiger partial charge >= 0.3 is 0 Å². The van der Waals surface area contributed by atoms with Crippen LogP contribution in [0.15, 0.2) is 23.2 Å². The highest BCUT2D eigenvalue weighted by molar-refractivity contribution is 5.98. The summed E-state index contributed by atoms with van der Waals surface area (Å²) in [5, 5.41) is 24.0. The van der Waals surface area contributed by atoms with Gasteiger partial charge in [0.25, 0.3) is 0 Å². The number of nitrogen functional groups attached to an aromatic ring is 2. The van der Waals surface area contributed by atoms with Crippen molar-refractivity contribution >= 4 is 23.3 Å². The number of nitrogens with two attached hydrogens (primary N) is 2. The minimum Gasteiger partial charge on any atom is -0.496 e. The molecule has 10 nitrogen and oxygen atoms in total. The second kappa shape index (κ2) is 8.38. The van der Waals surface area contributed by atoms with Crippen LogP contribution in [-0.2, 0) is 6.54 Å². The minimum atomic E-state index is -0.574. The van der Waals surface area contributed by atoms with E-state index in [0.717, 1.165) is 36.5 Å². The largest absolute Gasteiger partial charge is 0.496 e. The van der Waals surface area contributed by atoms with E-state index in [1.807, 2.05) is 30.5 Å². The van der Waals surface area contributed by atoms with Crippen LogP contribution in [0.5, 0.6) is 5.75 Å². The SMILES string of the molecule is COc1ccc(C2N=C(NC#N)Nc3nc(N)c(C#N)c(N)c32)cc1CN1CCCC1. The van der Waals surface area contributed by atoms with Gasteiger partial charge in [-0.2, -0.15) is 10.5 Å². The normalized spacial score (nSPS) is 17.6. The van der Waals surface area contributed by atoms with Crippen LogP contribution in [0.1, 0.15) is 41.1 Å². The van der Waals surface area contributed by atoms with Crippen molar-refractivity contribution < 1.29 is 4.74 Å². The van der Waals surface area contributed by atoms with Crippen molar-refractivity contribution in [2.75, 3.05) is 37.0 Å². The van der Waals surface area contributed by atoms with Crippen molar-refractivity contribution in [1.82, 2.24) is 15.2 Å². The smallest absolute Gasteiger partial charge is 0.211 e. The lowest BCUT2D eigenvalue weighted by molar-refractivity contribution is 0.320. The summed E-state index contributed by atoms with van der Waals surface area (Å²) < 4.78 is 5.58. The van der Waals surface area contributed by atoms with E-state index in [1.165, 1.54) is 12.8 Å². The van der Waals surface area contributed by atoms with Crippen LogP contribution >= 0.6 is 0 Å². The zero-order valence-electron chi connectivity index (χ0n) is 17.1. The second-order valence-corrected chi connectivity index (χ2v) is 7.46. The first-order valence-electron chi connectivity index (χ1n) is 9.93. The van der Waals surface area contributed by atoms with Crippen molar-refractivity contribution in [3.05, 3.63) is 40.5 Å². The maximum atomic E-state index is 9.48. The number of hydrogen-bond donors (Lipinski definition) is 4. The van der Waals surface area contributed by atoms with Gasteiger partial charge in [-0.1, -0.05) is 6.07 Å². The number of nitrogens with one attached hydrogen (secondary N) is 2. The van der Waals surface area contributed by atoms with Crippen molar-refractivity contribution in [2.45, 2.75) is 25.4 Å². The molecule has 31 heavy (non-hydrogen) atoms. The van der Waals surface area contributed by atoms with Gasteiger partial charge < -0.3 is 21.5 Å². The van der Waals surface area contributed by atoms with Gasteiger partial charge in [0.15, 0.2) is 6.19 Å². The number of fused-ring (bicyclic) bond motifs is 1. The number of methoxy groups -OCH3 is 1. The summed E-state index contributed by atoms with van der Waals surface area (Å²) in [6.07, 6.45) is 4.24. The number of rotatable bonds is 4. The average Bonchev–Trinajstić information content (AvgIpc) is 3.26. The van der Waals surface area contributed by atoms with Crippen LogP contribution in [-0.4, -0.2) is 36.0 Å². The Labute approximate surface area is 180 Å². The van der Waals surface area contributed by atoms with Gasteiger partial charge in [-0.3, -0.25) is 10.2 Å². The van der Waals surface area contributed by atoms with Gasteiger partial charge in [-0.25, -0.2) is 9.98 Å². The summed E-state index contributed by atoms with van der Waals surface area (Å²) in [6, 6.07) is 7.29. The summed E-state index contributed by atoms with van der Waals surface area (Å²) >= 11 is 0. The van der Waals surface area contributed by atoms with Gasteiger partial charge in [-0.15, -0.1) is 0 Å². The van der Waals surface area contributed by atoms with Crippen LogP contribution in [0.3, 0.4) is 0 Å². The Kier molecular flexibility index (Phi) is 5.48. The summed E-state index contributed by atoms with van der Waals surface area (Å²) in [5.41, 5.74) is 15.0. The summed E-state index contributed by atoms with van der Waals surface area (Å²) in [5.74, 6) is 1.41. The maximum absolute atomic E-state index is 9.48. The lowest BCUT2D eigenvalue weighted by atomic mass is 9.93. The molecule has 0 amide bonds. The van der Waals surface area contributed by atoms with E-state index in [-0.39, 0.29) is 23.0 Å². The minimum absolute atomic E-state index is 0.0210. The van der Waals surface area contributed by atoms with Gasteiger partial charge in [0.05, 0.1) is 12.8 Å². The maximum Gasteiger partial charge on any atom is 0.211 e. The molecule has 0 saturated carbocycles. The van der Waals surface area contributed by atoms with Crippen LogP contribution < -0.4 is 26.8 Å². The molecule has 1 unspecified atom stereocenters. The number of nitrogens with zero attached hydrogens (tertiary/aromatic N) is 5. The highest BCUT2D eigenvalue weighted by Crippen LogP contribution is 2.41. The average molecular weight is 417 g/mol. The molecular weight excluding hydrogens is 394 g/mol. The molecule has 0 bridgehead atoms. The van der Waals surface area contributed by atoms with Crippen LogP contribution in [0.4, 0.5) is 17.3 Å². The molecule has 1 aromatic carbocycles. The molecule has 6 N–H and O–H groups in total. The van der Waals surface area contributed by atoms with Gasteiger partial charge in [0.1, 0.15) is 35.1 Å². The first kappa shape index (κ1) is 20.3. The molecule has 2 aromatic rings. The number of pyridine rings is 1. The Balaban J connectivity index is 1.83. The number of hydrogen-bond acceptors (Lipinski definition) is 10. The molecular formula is C21H23N9O. The Morgan fingerprint density at radius 3 is 2.74 bits per heavy atom. The third kappa shape index (κ3) is 3.77. The molecule has 0 aliphatic carbocycles. The van der Waals surface area contributed by atoms with Gasteiger partial charge in [0.2, 0.25) is 5.96 Å².